The summed E-state index contributed by atoms with van der Waals surface area (Å²) in [5, 5.41) is 33.5. The number of fused-ring (bicyclic) bond motifs is 1. The van der Waals surface area contributed by atoms with Crippen LogP contribution in [-0.4, -0.2) is 146 Å². The van der Waals surface area contributed by atoms with E-state index in [4.69, 9.17) is 10.8 Å². The van der Waals surface area contributed by atoms with E-state index in [1.165, 1.54) is 0 Å². The fourth-order valence-corrected chi connectivity index (χ4v) is 5.12. The lowest BCUT2D eigenvalue weighted by Gasteiger charge is -2.24. The van der Waals surface area contributed by atoms with Gasteiger partial charge in [-0.05, 0) is 30.7 Å². The van der Waals surface area contributed by atoms with Gasteiger partial charge in [0.2, 0.25) is 41.4 Å². The predicted molar refractivity (Wildman–Crippen MR) is 213 cm³/mol. The molecule has 0 radical (unpaired) electrons. The van der Waals surface area contributed by atoms with Gasteiger partial charge in [0.05, 0.1) is 51.2 Å². The second kappa shape index (κ2) is 23.3. The third kappa shape index (κ3) is 16.2. The molecule has 12 N–H and O–H groups in total. The lowest BCUT2D eigenvalue weighted by atomic mass is 10.1. The Bertz CT molecular complexity index is 2350. The summed E-state index contributed by atoms with van der Waals surface area (Å²) in [4.78, 5) is 146. The summed E-state index contributed by atoms with van der Waals surface area (Å²) in [6.07, 6.45) is -5.43. The number of thiol groups is 1. The molecule has 3 rings (SSSR count). The van der Waals surface area contributed by atoms with Crippen molar-refractivity contribution in [3.8, 4) is 0 Å². The number of nitrogen functional groups attached to an aromatic ring is 1. The molecule has 2 heterocycles. The van der Waals surface area contributed by atoms with E-state index in [2.05, 4.69) is 69.8 Å². The maximum atomic E-state index is 13.6. The molecule has 26 nitrogen and oxygen atoms in total. The fourth-order valence-electron chi connectivity index (χ4n) is 4.87. The number of nitrogens with two attached hydrogens (primary N) is 1. The number of carboxylic acids is 2. The van der Waals surface area contributed by atoms with Crippen LogP contribution in [0.25, 0.3) is 11.2 Å². The van der Waals surface area contributed by atoms with E-state index in [9.17, 15) is 71.0 Å². The van der Waals surface area contributed by atoms with Crippen LogP contribution in [0.15, 0.2) is 35.3 Å². The number of alkyl halides is 3. The first-order chi connectivity index (χ1) is 30.1. The molecule has 8 amide bonds. The van der Waals surface area contributed by atoms with Crippen molar-refractivity contribution in [2.24, 2.45) is 0 Å². The number of H-pyrrole nitrogens is 1. The van der Waals surface area contributed by atoms with Gasteiger partial charge in [0, 0.05) is 23.4 Å². The average molecular weight is 926 g/mol. The quantitative estimate of drug-likeness (QED) is 0.0422. The Hall–Kier alpha value is -7.92. The minimum atomic E-state index is -5.38. The normalized spacial score (nSPS) is 11.8. The van der Waals surface area contributed by atoms with Crippen molar-refractivity contribution in [1.82, 2.24) is 57.2 Å². The van der Waals surface area contributed by atoms with Crippen molar-refractivity contribution >= 4 is 94.6 Å². The van der Waals surface area contributed by atoms with Gasteiger partial charge >= 0.3 is 24.0 Å². The molecule has 30 heteroatoms. The van der Waals surface area contributed by atoms with Crippen molar-refractivity contribution in [3.63, 3.8) is 0 Å². The van der Waals surface area contributed by atoms with Crippen LogP contribution in [0.5, 0.6) is 0 Å². The number of nitrogens with zero attached hydrogens (tertiary/aromatic N) is 4. The third-order valence-electron chi connectivity index (χ3n) is 8.04. The topological polar surface area (TPSA) is 396 Å². The Labute approximate surface area is 361 Å². The first kappa shape index (κ1) is 50.4. The SMILES string of the molecule is Nc1nc2ncc(CN(C(=O)C(F)(F)F)c3ccc(C(=O)NC(CCC(=O)NCC(=O)NCC(=O)NCC(=O)NCC(=O)NCC(=O)NC(CS)C(=O)O)C(=O)O)cc3)nc2c(=O)[nH]1. The molecule has 0 fully saturated rings. The first-order valence-corrected chi connectivity index (χ1v) is 18.7. The van der Waals surface area contributed by atoms with Crippen LogP contribution in [0.4, 0.5) is 24.8 Å². The van der Waals surface area contributed by atoms with Gasteiger partial charge in [-0.1, -0.05) is 0 Å². The van der Waals surface area contributed by atoms with Crippen LogP contribution in [0.1, 0.15) is 28.9 Å². The van der Waals surface area contributed by atoms with Crippen molar-refractivity contribution in [3.05, 3.63) is 52.1 Å². The number of carbonyl (C=O) groups excluding carboxylic acids is 8. The van der Waals surface area contributed by atoms with E-state index in [0.717, 1.165) is 30.5 Å². The van der Waals surface area contributed by atoms with E-state index in [1.54, 1.807) is 0 Å². The molecule has 3 aromatic rings. The lowest BCUT2D eigenvalue weighted by molar-refractivity contribution is -0.170. The molecule has 64 heavy (non-hydrogen) atoms. The minimum Gasteiger partial charge on any atom is -0.480 e. The Morgan fingerprint density at radius 2 is 1.23 bits per heavy atom. The number of hydrogen-bond donors (Lipinski definition) is 12. The van der Waals surface area contributed by atoms with Crippen LogP contribution in [-0.2, 0) is 49.7 Å². The zero-order chi connectivity index (χ0) is 47.7. The third-order valence-corrected chi connectivity index (χ3v) is 8.41. The number of aromatic amines is 1. The summed E-state index contributed by atoms with van der Waals surface area (Å²) in [7, 11) is 0. The molecule has 1 aromatic carbocycles. The molecule has 0 aliphatic carbocycles. The van der Waals surface area contributed by atoms with Crippen LogP contribution >= 0.6 is 12.6 Å². The molecule has 0 saturated carbocycles. The van der Waals surface area contributed by atoms with Gasteiger partial charge in [-0.3, -0.25) is 53.0 Å². The van der Waals surface area contributed by atoms with Gasteiger partial charge in [0.15, 0.2) is 11.2 Å². The van der Waals surface area contributed by atoms with E-state index >= 15 is 0 Å². The number of hydrogen-bond acceptors (Lipinski definition) is 16. The zero-order valence-corrected chi connectivity index (χ0v) is 33.6. The monoisotopic (exact) mass is 925 g/mol. The second-order valence-corrected chi connectivity index (χ2v) is 13.2. The van der Waals surface area contributed by atoms with E-state index in [-0.39, 0.29) is 44.7 Å². The standard InChI is InChI=1S/C34H38F3N13O13S/c35-34(36,37)32(63)50(13-16-7-44-27-26(45-16)29(58)49-33(38)48-27)17-3-1-15(2-4-17)28(57)47-18(30(59)60)5-6-20(51)39-8-21(52)40-9-22(53)41-10-23(54)42-11-24(55)43-12-25(56)46-19(14-64)31(61)62/h1-4,7,18-19,64H,5-6,8-14H2,(H,39,51)(H,40,52)(H,41,53)(H,42,54)(H,43,55)(H,46,56)(H,47,57)(H,59,60)(H,61,62)(H3,38,44,48,49,58). The highest BCUT2D eigenvalue weighted by Gasteiger charge is 2.43. The molecule has 2 atom stereocenters. The Balaban J connectivity index is 1.42. The molecule has 2 unspecified atom stereocenters. The van der Waals surface area contributed by atoms with Crippen LogP contribution < -0.4 is 53.4 Å². The largest absolute Gasteiger partial charge is 0.480 e. The average Bonchev–Trinajstić information content (AvgIpc) is 3.24. The number of amides is 8. The Morgan fingerprint density at radius 1 is 0.734 bits per heavy atom. The highest BCUT2D eigenvalue weighted by molar-refractivity contribution is 7.80. The van der Waals surface area contributed by atoms with E-state index in [1.807, 2.05) is 0 Å². The number of benzene rings is 1. The molecule has 344 valence electrons. The summed E-state index contributed by atoms with van der Waals surface area (Å²) >= 11 is 3.78. The molecule has 0 saturated heterocycles. The van der Waals surface area contributed by atoms with E-state index < -0.39 is 135 Å². The number of anilines is 2. The van der Waals surface area contributed by atoms with Gasteiger partial charge in [-0.25, -0.2) is 19.6 Å². The summed E-state index contributed by atoms with van der Waals surface area (Å²) in [6.45, 7) is -3.98. The smallest absolute Gasteiger partial charge is 0.471 e. The summed E-state index contributed by atoms with van der Waals surface area (Å²) < 4.78 is 40.8. The molecular weight excluding hydrogens is 888 g/mol. The van der Waals surface area contributed by atoms with Crippen molar-refractivity contribution < 1.29 is 71.3 Å². The number of nitrogens with one attached hydrogen (secondary N) is 8. The highest BCUT2D eigenvalue weighted by atomic mass is 32.1. The molecular formula is C34H38F3N13O13S. The maximum Gasteiger partial charge on any atom is 0.471 e. The van der Waals surface area contributed by atoms with Crippen LogP contribution in [0.2, 0.25) is 0 Å². The van der Waals surface area contributed by atoms with E-state index in [0.29, 0.717) is 0 Å². The van der Waals surface area contributed by atoms with Gasteiger partial charge < -0.3 is 53.2 Å². The molecule has 2 aromatic heterocycles. The number of halogens is 3. The molecule has 0 aliphatic heterocycles. The number of aliphatic carboxylic acids is 2. The van der Waals surface area contributed by atoms with Gasteiger partial charge in [-0.2, -0.15) is 30.8 Å². The summed E-state index contributed by atoms with van der Waals surface area (Å²) in [5.41, 5.74) is 3.14. The fraction of sp³-hybridized carbons (Fsp3) is 0.353. The minimum absolute atomic E-state index is 0.197. The Morgan fingerprint density at radius 3 is 1.72 bits per heavy atom. The van der Waals surface area contributed by atoms with Crippen LogP contribution in [0.3, 0.4) is 0 Å². The summed E-state index contributed by atoms with van der Waals surface area (Å²) in [6, 6.07) is 0.953. The molecule has 0 spiro atoms. The number of rotatable bonds is 22. The van der Waals surface area contributed by atoms with Crippen molar-refractivity contribution in [2.75, 3.05) is 49.1 Å². The number of carbonyl (C=O) groups is 10. The van der Waals surface area contributed by atoms with Gasteiger partial charge in [-0.15, -0.1) is 0 Å². The summed E-state index contributed by atoms with van der Waals surface area (Å²) in [5.74, 6) is -11.8. The van der Waals surface area contributed by atoms with Gasteiger partial charge in [0.25, 0.3) is 11.5 Å². The first-order valence-electron chi connectivity index (χ1n) is 18.1. The number of carboxylic acid groups (broad SMARTS) is 2. The molecule has 0 bridgehead atoms. The van der Waals surface area contributed by atoms with Crippen molar-refractivity contribution in [2.45, 2.75) is 37.6 Å². The Kier molecular flexibility index (Phi) is 18.4. The number of aromatic nitrogens is 4. The van der Waals surface area contributed by atoms with Crippen LogP contribution in [0, 0.1) is 0 Å². The lowest BCUT2D eigenvalue weighted by Crippen LogP contribution is -2.48. The predicted octanol–water partition coefficient (Wildman–Crippen LogP) is -4.57. The zero-order valence-electron chi connectivity index (χ0n) is 32.7. The van der Waals surface area contributed by atoms with Crippen molar-refractivity contribution in [1.29, 1.82) is 0 Å². The van der Waals surface area contributed by atoms with Gasteiger partial charge in [0.1, 0.15) is 12.1 Å². The maximum absolute atomic E-state index is 13.6. The second-order valence-electron chi connectivity index (χ2n) is 12.8. The highest BCUT2D eigenvalue weighted by Crippen LogP contribution is 2.26. The molecule has 0 aliphatic rings.